The zero-order chi connectivity index (χ0) is 23.6. The van der Waals surface area contributed by atoms with E-state index in [0.717, 1.165) is 0 Å². The molecule has 170 valence electrons. The Morgan fingerprint density at radius 3 is 2.23 bits per heavy atom. The van der Waals surface area contributed by atoms with E-state index in [2.05, 4.69) is 5.32 Å². The van der Waals surface area contributed by atoms with Gasteiger partial charge in [-0.05, 0) is 71.6 Å². The largest absolute Gasteiger partial charge is 0.496 e. The average Bonchev–Trinajstić information content (AvgIpc) is 2.84. The molecule has 0 aromatic heterocycles. The number of carbonyl (C=O) groups is 2. The molecular weight excluding hydrogens is 401 g/mol. The van der Waals surface area contributed by atoms with E-state index in [4.69, 9.17) is 18.8 Å². The molecule has 1 aliphatic rings. The van der Waals surface area contributed by atoms with E-state index in [1.165, 1.54) is 13.2 Å². The molecule has 1 aromatic rings. The summed E-state index contributed by atoms with van der Waals surface area (Å²) in [6.45, 7) is 13.2. The standard InChI is InChI=1S/C22H32BNO7/c1-20(2,3)29-19(27)24-13-15(23-30-21(4,5)22(6,7)31-23)11-14-9-10-17(28-8)16(12-14)18(25)26/h9-12H,13H2,1-8H3,(H,24,27)(H,25,26). The van der Waals surface area contributed by atoms with Gasteiger partial charge in [0, 0.05) is 6.54 Å². The van der Waals surface area contributed by atoms with Gasteiger partial charge in [0.1, 0.15) is 16.9 Å². The molecule has 0 radical (unpaired) electrons. The van der Waals surface area contributed by atoms with Crippen LogP contribution in [0, 0.1) is 0 Å². The molecule has 9 heteroatoms. The summed E-state index contributed by atoms with van der Waals surface area (Å²) < 4.78 is 22.7. The van der Waals surface area contributed by atoms with Crippen LogP contribution in [-0.2, 0) is 14.0 Å². The van der Waals surface area contributed by atoms with E-state index in [1.54, 1.807) is 39.0 Å². The first-order valence-corrected chi connectivity index (χ1v) is 10.1. The van der Waals surface area contributed by atoms with Crippen LogP contribution in [0.5, 0.6) is 5.75 Å². The molecule has 0 aliphatic carbocycles. The van der Waals surface area contributed by atoms with Crippen LogP contribution in [0.4, 0.5) is 4.79 Å². The second kappa shape index (κ2) is 8.92. The molecule has 2 rings (SSSR count). The summed E-state index contributed by atoms with van der Waals surface area (Å²) in [7, 11) is 0.688. The molecule has 1 heterocycles. The SMILES string of the molecule is COc1ccc(C=C(CNC(=O)OC(C)(C)C)B2OC(C)(C)C(C)(C)O2)cc1C(=O)O. The van der Waals surface area contributed by atoms with Crippen molar-refractivity contribution >= 4 is 25.3 Å². The number of alkyl carbamates (subject to hydrolysis) is 1. The highest BCUT2D eigenvalue weighted by molar-refractivity contribution is 6.56. The van der Waals surface area contributed by atoms with Crippen LogP contribution in [-0.4, -0.2) is 54.7 Å². The molecule has 0 bridgehead atoms. The Morgan fingerprint density at radius 2 is 1.74 bits per heavy atom. The van der Waals surface area contributed by atoms with Gasteiger partial charge in [0.05, 0.1) is 18.3 Å². The topological polar surface area (TPSA) is 103 Å². The fourth-order valence-corrected chi connectivity index (χ4v) is 2.88. The molecule has 0 saturated carbocycles. The summed E-state index contributed by atoms with van der Waals surface area (Å²) in [5.74, 6) is -0.843. The summed E-state index contributed by atoms with van der Waals surface area (Å²) >= 11 is 0. The van der Waals surface area contributed by atoms with Crippen molar-refractivity contribution in [3.63, 3.8) is 0 Å². The molecule has 1 amide bonds. The van der Waals surface area contributed by atoms with Gasteiger partial charge in [-0.3, -0.25) is 0 Å². The second-order valence-corrected chi connectivity index (χ2v) is 9.43. The number of amides is 1. The number of carboxylic acid groups (broad SMARTS) is 1. The maximum Gasteiger partial charge on any atom is 0.492 e. The Hall–Kier alpha value is -2.52. The Balaban J connectivity index is 2.37. The van der Waals surface area contributed by atoms with Gasteiger partial charge in [0.25, 0.3) is 0 Å². The van der Waals surface area contributed by atoms with E-state index < -0.39 is 36.0 Å². The van der Waals surface area contributed by atoms with Gasteiger partial charge >= 0.3 is 19.2 Å². The predicted octanol–water partition coefficient (Wildman–Crippen LogP) is 3.93. The number of hydrogen-bond acceptors (Lipinski definition) is 6. The van der Waals surface area contributed by atoms with E-state index in [9.17, 15) is 14.7 Å². The van der Waals surface area contributed by atoms with Gasteiger partial charge in [-0.1, -0.05) is 12.1 Å². The van der Waals surface area contributed by atoms with Crippen molar-refractivity contribution < 1.29 is 33.5 Å². The molecular formula is C22H32BNO7. The van der Waals surface area contributed by atoms with Crippen molar-refractivity contribution in [2.75, 3.05) is 13.7 Å². The van der Waals surface area contributed by atoms with E-state index >= 15 is 0 Å². The molecule has 1 fully saturated rings. The minimum atomic E-state index is -1.10. The zero-order valence-corrected chi connectivity index (χ0v) is 19.5. The Kier molecular flexibility index (Phi) is 7.12. The lowest BCUT2D eigenvalue weighted by atomic mass is 9.77. The van der Waals surface area contributed by atoms with E-state index in [0.29, 0.717) is 11.0 Å². The number of methoxy groups -OCH3 is 1. The van der Waals surface area contributed by atoms with E-state index in [1.807, 2.05) is 27.7 Å². The number of aromatic carboxylic acids is 1. The Morgan fingerprint density at radius 1 is 1.16 bits per heavy atom. The molecule has 1 aromatic carbocycles. The molecule has 0 atom stereocenters. The highest BCUT2D eigenvalue weighted by atomic mass is 16.7. The lowest BCUT2D eigenvalue weighted by Gasteiger charge is -2.32. The normalized spacial score (nSPS) is 17.9. The molecule has 1 saturated heterocycles. The first-order chi connectivity index (χ1) is 14.1. The zero-order valence-electron chi connectivity index (χ0n) is 19.5. The minimum absolute atomic E-state index is 0.0321. The number of nitrogens with one attached hydrogen (secondary N) is 1. The third kappa shape index (κ3) is 6.24. The van der Waals surface area contributed by atoms with Crippen molar-refractivity contribution in [3.05, 3.63) is 34.8 Å². The number of rotatable bonds is 6. The number of carbonyl (C=O) groups excluding carboxylic acids is 1. The van der Waals surface area contributed by atoms with Gasteiger partial charge in [-0.2, -0.15) is 0 Å². The monoisotopic (exact) mass is 433 g/mol. The third-order valence-corrected chi connectivity index (χ3v) is 5.20. The Bertz CT molecular complexity index is 855. The molecule has 8 nitrogen and oxygen atoms in total. The first kappa shape index (κ1) is 24.8. The molecule has 2 N–H and O–H groups in total. The van der Waals surface area contributed by atoms with Gasteiger partial charge in [-0.15, -0.1) is 0 Å². The van der Waals surface area contributed by atoms with Crippen LogP contribution in [0.15, 0.2) is 23.7 Å². The summed E-state index contributed by atoms with van der Waals surface area (Å²) in [6.07, 6.45) is 1.17. The number of ether oxygens (including phenoxy) is 2. The van der Waals surface area contributed by atoms with Gasteiger partial charge < -0.3 is 29.2 Å². The van der Waals surface area contributed by atoms with E-state index in [-0.39, 0.29) is 17.9 Å². The summed E-state index contributed by atoms with van der Waals surface area (Å²) in [5, 5.41) is 12.2. The van der Waals surface area contributed by atoms with Gasteiger partial charge in [0.2, 0.25) is 0 Å². The van der Waals surface area contributed by atoms with Gasteiger partial charge in [-0.25, -0.2) is 9.59 Å². The van der Waals surface area contributed by atoms with Crippen molar-refractivity contribution in [3.8, 4) is 5.75 Å². The summed E-state index contributed by atoms with van der Waals surface area (Å²) in [4.78, 5) is 23.7. The number of carboxylic acids is 1. The average molecular weight is 433 g/mol. The maximum atomic E-state index is 12.2. The van der Waals surface area contributed by atoms with Crippen LogP contribution in [0.2, 0.25) is 0 Å². The molecule has 0 spiro atoms. The van der Waals surface area contributed by atoms with Crippen LogP contribution in [0.25, 0.3) is 6.08 Å². The first-order valence-electron chi connectivity index (χ1n) is 10.1. The van der Waals surface area contributed by atoms with Crippen molar-refractivity contribution in [2.45, 2.75) is 65.3 Å². The highest BCUT2D eigenvalue weighted by Crippen LogP contribution is 2.39. The quantitative estimate of drug-likeness (QED) is 0.655. The third-order valence-electron chi connectivity index (χ3n) is 5.20. The smallest absolute Gasteiger partial charge is 0.492 e. The maximum absolute atomic E-state index is 12.2. The predicted molar refractivity (Wildman–Crippen MR) is 118 cm³/mol. The van der Waals surface area contributed by atoms with Crippen LogP contribution < -0.4 is 10.1 Å². The molecule has 0 unspecified atom stereocenters. The lowest BCUT2D eigenvalue weighted by molar-refractivity contribution is 0.00578. The van der Waals surface area contributed by atoms with Crippen LogP contribution in [0.3, 0.4) is 0 Å². The minimum Gasteiger partial charge on any atom is -0.496 e. The molecule has 31 heavy (non-hydrogen) atoms. The molecule has 1 aliphatic heterocycles. The van der Waals surface area contributed by atoms with Crippen molar-refractivity contribution in [2.24, 2.45) is 0 Å². The van der Waals surface area contributed by atoms with Crippen LogP contribution >= 0.6 is 0 Å². The van der Waals surface area contributed by atoms with Gasteiger partial charge in [0.15, 0.2) is 0 Å². The Labute approximate surface area is 184 Å². The highest BCUT2D eigenvalue weighted by Gasteiger charge is 2.52. The number of hydrogen-bond donors (Lipinski definition) is 2. The second-order valence-electron chi connectivity index (χ2n) is 9.43. The van der Waals surface area contributed by atoms with Crippen molar-refractivity contribution in [1.29, 1.82) is 0 Å². The fourth-order valence-electron chi connectivity index (χ4n) is 2.88. The summed E-state index contributed by atoms with van der Waals surface area (Å²) in [5.41, 5.74) is -0.529. The summed E-state index contributed by atoms with van der Waals surface area (Å²) in [6, 6.07) is 4.81. The van der Waals surface area contributed by atoms with Crippen molar-refractivity contribution in [1.82, 2.24) is 5.32 Å². The fraction of sp³-hybridized carbons (Fsp3) is 0.545. The van der Waals surface area contributed by atoms with Crippen LogP contribution in [0.1, 0.15) is 64.4 Å². The lowest BCUT2D eigenvalue weighted by Crippen LogP contribution is -2.41. The number of benzene rings is 1.